The van der Waals surface area contributed by atoms with Crippen molar-refractivity contribution in [2.24, 2.45) is 0 Å². The first-order valence-corrected chi connectivity index (χ1v) is 6.27. The number of amides is 1. The van der Waals surface area contributed by atoms with E-state index in [9.17, 15) is 14.9 Å². The van der Waals surface area contributed by atoms with Crippen molar-refractivity contribution in [1.29, 1.82) is 0 Å². The molecule has 1 atom stereocenters. The second kappa shape index (κ2) is 8.18. The highest BCUT2D eigenvalue weighted by atomic mass is 16.6. The van der Waals surface area contributed by atoms with E-state index in [0.717, 1.165) is 0 Å². The lowest BCUT2D eigenvalue weighted by Crippen LogP contribution is -2.38. The van der Waals surface area contributed by atoms with Crippen molar-refractivity contribution in [1.82, 2.24) is 5.32 Å². The number of rotatable bonds is 8. The van der Waals surface area contributed by atoms with Crippen LogP contribution in [0.1, 0.15) is 12.5 Å². The molecule has 0 aliphatic carbocycles. The fraction of sp³-hybridized carbons (Fsp3) is 0.462. The van der Waals surface area contributed by atoms with Crippen LogP contribution in [0.5, 0.6) is 5.75 Å². The van der Waals surface area contributed by atoms with Crippen LogP contribution >= 0.6 is 0 Å². The van der Waals surface area contributed by atoms with E-state index in [-0.39, 0.29) is 30.7 Å². The second-order valence-electron chi connectivity index (χ2n) is 4.43. The molecule has 1 unspecified atom stereocenters. The van der Waals surface area contributed by atoms with Crippen LogP contribution in [0.2, 0.25) is 0 Å². The summed E-state index contributed by atoms with van der Waals surface area (Å²) in [5.74, 6) is -0.424. The Bertz CT molecular complexity index is 505. The van der Waals surface area contributed by atoms with Crippen molar-refractivity contribution in [3.8, 4) is 5.75 Å². The van der Waals surface area contributed by atoms with Crippen molar-refractivity contribution in [2.75, 3.05) is 20.3 Å². The molecule has 0 aliphatic rings. The maximum atomic E-state index is 11.6. The van der Waals surface area contributed by atoms with Gasteiger partial charge in [0.1, 0.15) is 0 Å². The minimum atomic E-state index is -0.625. The number of ether oxygens (including phenoxy) is 2. The number of hydrogen-bond acceptors (Lipinski definition) is 6. The molecular formula is C13H18N2O6. The molecule has 2 N–H and O–H groups in total. The van der Waals surface area contributed by atoms with Gasteiger partial charge in [-0.05, 0) is 18.6 Å². The second-order valence-corrected chi connectivity index (χ2v) is 4.43. The smallest absolute Gasteiger partial charge is 0.311 e. The van der Waals surface area contributed by atoms with E-state index >= 15 is 0 Å². The molecule has 21 heavy (non-hydrogen) atoms. The van der Waals surface area contributed by atoms with Crippen LogP contribution < -0.4 is 10.1 Å². The average Bonchev–Trinajstić information content (AvgIpc) is 2.45. The Morgan fingerprint density at radius 1 is 1.52 bits per heavy atom. The third-order valence-electron chi connectivity index (χ3n) is 2.59. The van der Waals surface area contributed by atoms with E-state index in [1.54, 1.807) is 6.92 Å². The molecule has 0 saturated heterocycles. The molecule has 0 bridgehead atoms. The quantitative estimate of drug-likeness (QED) is 0.537. The zero-order valence-corrected chi connectivity index (χ0v) is 11.9. The Labute approximate surface area is 121 Å². The molecule has 1 aromatic carbocycles. The highest BCUT2D eigenvalue weighted by molar-refractivity contribution is 5.78. The Morgan fingerprint density at radius 3 is 2.81 bits per heavy atom. The van der Waals surface area contributed by atoms with Gasteiger partial charge in [0.25, 0.3) is 5.91 Å². The summed E-state index contributed by atoms with van der Waals surface area (Å²) in [5.41, 5.74) is 0.103. The molecule has 1 rings (SSSR count). The molecule has 116 valence electrons. The average molecular weight is 298 g/mol. The Kier molecular flexibility index (Phi) is 6.57. The molecule has 0 fully saturated rings. The number of aliphatic hydroxyl groups excluding tert-OH is 1. The fourth-order valence-electron chi connectivity index (χ4n) is 1.68. The Balaban J connectivity index is 2.66. The summed E-state index contributed by atoms with van der Waals surface area (Å²) in [6, 6.07) is 3.88. The van der Waals surface area contributed by atoms with E-state index < -0.39 is 10.8 Å². The van der Waals surface area contributed by atoms with Crippen molar-refractivity contribution < 1.29 is 24.3 Å². The van der Waals surface area contributed by atoms with Crippen LogP contribution in [0, 0.1) is 10.1 Å². The monoisotopic (exact) mass is 298 g/mol. The fourth-order valence-corrected chi connectivity index (χ4v) is 1.68. The van der Waals surface area contributed by atoms with Gasteiger partial charge < -0.3 is 19.9 Å². The van der Waals surface area contributed by atoms with Gasteiger partial charge in [0.05, 0.1) is 18.1 Å². The minimum absolute atomic E-state index is 0.0215. The van der Waals surface area contributed by atoms with Crippen LogP contribution in [0.4, 0.5) is 5.69 Å². The normalized spacial score (nSPS) is 11.8. The summed E-state index contributed by atoms with van der Waals surface area (Å²) >= 11 is 0. The van der Waals surface area contributed by atoms with Crippen LogP contribution in [0.25, 0.3) is 0 Å². The predicted molar refractivity (Wildman–Crippen MR) is 74.0 cm³/mol. The van der Waals surface area contributed by atoms with Crippen molar-refractivity contribution in [3.63, 3.8) is 0 Å². The van der Waals surface area contributed by atoms with Crippen molar-refractivity contribution in [3.05, 3.63) is 33.9 Å². The summed E-state index contributed by atoms with van der Waals surface area (Å²) in [7, 11) is 1.52. The van der Waals surface area contributed by atoms with Crippen LogP contribution in [0.3, 0.4) is 0 Å². The van der Waals surface area contributed by atoms with Crippen LogP contribution in [0.15, 0.2) is 18.2 Å². The number of carbonyl (C=O) groups is 1. The molecule has 1 aromatic rings. The third-order valence-corrected chi connectivity index (χ3v) is 2.59. The largest absolute Gasteiger partial charge is 0.477 e. The molecular weight excluding hydrogens is 280 g/mol. The maximum Gasteiger partial charge on any atom is 0.311 e. The van der Waals surface area contributed by atoms with Gasteiger partial charge in [-0.2, -0.15) is 0 Å². The molecule has 0 aromatic heterocycles. The maximum absolute atomic E-state index is 11.6. The lowest BCUT2D eigenvalue weighted by atomic mass is 10.2. The Morgan fingerprint density at radius 2 is 2.24 bits per heavy atom. The SMILES string of the molecule is COCC(C)NC(=O)COc1ccc(CO)cc1[N+](=O)[O-]. The number of hydrogen-bond donors (Lipinski definition) is 2. The molecule has 0 heterocycles. The number of nitrogens with zero attached hydrogens (tertiary/aromatic N) is 1. The predicted octanol–water partition coefficient (Wildman–Crippen LogP) is 0.617. The number of nitro groups is 1. The van der Waals surface area contributed by atoms with Crippen LogP contribution in [-0.2, 0) is 16.1 Å². The van der Waals surface area contributed by atoms with Gasteiger partial charge in [0.15, 0.2) is 12.4 Å². The molecule has 0 spiro atoms. The van der Waals surface area contributed by atoms with E-state index in [1.165, 1.54) is 25.3 Å². The third kappa shape index (κ3) is 5.36. The summed E-state index contributed by atoms with van der Waals surface area (Å²) in [4.78, 5) is 21.9. The van der Waals surface area contributed by atoms with Gasteiger partial charge in [-0.1, -0.05) is 6.07 Å². The number of nitrogens with one attached hydrogen (secondary N) is 1. The zero-order valence-electron chi connectivity index (χ0n) is 11.9. The first-order valence-electron chi connectivity index (χ1n) is 6.27. The highest BCUT2D eigenvalue weighted by Crippen LogP contribution is 2.27. The standard InChI is InChI=1S/C13H18N2O6/c1-9(7-20-2)14-13(17)8-21-12-4-3-10(6-16)5-11(12)15(18)19/h3-5,9,16H,6-8H2,1-2H3,(H,14,17). The van der Waals surface area contributed by atoms with Gasteiger partial charge in [-0.15, -0.1) is 0 Å². The zero-order chi connectivity index (χ0) is 15.8. The van der Waals surface area contributed by atoms with Gasteiger partial charge >= 0.3 is 5.69 Å². The Hall–Kier alpha value is -2.19. The molecule has 0 saturated carbocycles. The van der Waals surface area contributed by atoms with Gasteiger partial charge in [0.2, 0.25) is 0 Å². The van der Waals surface area contributed by atoms with Crippen molar-refractivity contribution >= 4 is 11.6 Å². The number of methoxy groups -OCH3 is 1. The van der Waals surface area contributed by atoms with Gasteiger partial charge in [-0.3, -0.25) is 14.9 Å². The molecule has 8 heteroatoms. The van der Waals surface area contributed by atoms with E-state index in [2.05, 4.69) is 5.32 Å². The minimum Gasteiger partial charge on any atom is -0.477 e. The molecule has 0 radical (unpaired) electrons. The van der Waals surface area contributed by atoms with Gasteiger partial charge in [-0.25, -0.2) is 0 Å². The summed E-state index contributed by atoms with van der Waals surface area (Å²) in [5, 5.41) is 22.5. The number of nitro benzene ring substituents is 1. The lowest BCUT2D eigenvalue weighted by Gasteiger charge is -2.13. The first kappa shape index (κ1) is 16.9. The highest BCUT2D eigenvalue weighted by Gasteiger charge is 2.17. The number of carbonyl (C=O) groups excluding carboxylic acids is 1. The van der Waals surface area contributed by atoms with Crippen molar-refractivity contribution in [2.45, 2.75) is 19.6 Å². The number of aliphatic hydroxyl groups is 1. The molecule has 1 amide bonds. The first-order chi connectivity index (χ1) is 9.97. The summed E-state index contributed by atoms with van der Waals surface area (Å²) in [6.07, 6.45) is 0. The van der Waals surface area contributed by atoms with Crippen LogP contribution in [-0.4, -0.2) is 42.3 Å². The summed E-state index contributed by atoms with van der Waals surface area (Å²) < 4.78 is 10.0. The summed E-state index contributed by atoms with van der Waals surface area (Å²) in [6.45, 7) is 1.47. The lowest BCUT2D eigenvalue weighted by molar-refractivity contribution is -0.385. The topological polar surface area (TPSA) is 111 Å². The molecule has 8 nitrogen and oxygen atoms in total. The number of benzene rings is 1. The van der Waals surface area contributed by atoms with E-state index in [1.807, 2.05) is 0 Å². The van der Waals surface area contributed by atoms with E-state index in [0.29, 0.717) is 12.2 Å². The molecule has 0 aliphatic heterocycles. The van der Waals surface area contributed by atoms with E-state index in [4.69, 9.17) is 14.6 Å². The van der Waals surface area contributed by atoms with Gasteiger partial charge in [0, 0.05) is 19.2 Å².